The molecule has 0 aromatic heterocycles. The fourth-order valence-corrected chi connectivity index (χ4v) is 6.53. The van der Waals surface area contributed by atoms with Gasteiger partial charge in [0.25, 0.3) is 0 Å². The summed E-state index contributed by atoms with van der Waals surface area (Å²) in [5.41, 5.74) is -0.518. The fraction of sp³-hybridized carbons (Fsp3) is 0.643. The number of halogens is 1. The molecule has 1 N–H and O–H groups in total. The molecule has 0 spiro atoms. The van der Waals surface area contributed by atoms with Crippen molar-refractivity contribution in [2.24, 2.45) is 5.92 Å². The number of rotatable bonds is 6. The fourth-order valence-electron chi connectivity index (χ4n) is 6.53. The minimum atomic E-state index is -0.939. The third kappa shape index (κ3) is 4.73. The van der Waals surface area contributed by atoms with Gasteiger partial charge in [-0.15, -0.1) is 0 Å². The number of piperazine rings is 1. The molecule has 1 aromatic rings. The van der Waals surface area contributed by atoms with E-state index < -0.39 is 35.4 Å². The number of nitrogens with zero attached hydrogens (tertiary/aromatic N) is 4. The van der Waals surface area contributed by atoms with E-state index in [9.17, 15) is 24.0 Å². The number of hydrogen-bond acceptors (Lipinski definition) is 6. The highest BCUT2D eigenvalue weighted by atomic mass is 19.1. The highest BCUT2D eigenvalue weighted by molar-refractivity contribution is 5.89. The maximum Gasteiger partial charge on any atom is 0.408 e. The van der Waals surface area contributed by atoms with Crippen LogP contribution in [0.5, 0.6) is 0 Å². The Morgan fingerprint density at radius 1 is 1.16 bits per heavy atom. The number of hydrogen-bond donors (Lipinski definition) is 1. The van der Waals surface area contributed by atoms with Crippen LogP contribution in [0.15, 0.2) is 24.3 Å². The summed E-state index contributed by atoms with van der Waals surface area (Å²) < 4.78 is 18.9. The van der Waals surface area contributed by atoms with E-state index in [1.165, 1.54) is 12.1 Å². The normalized spacial score (nSPS) is 29.2. The van der Waals surface area contributed by atoms with E-state index in [-0.39, 0.29) is 36.3 Å². The summed E-state index contributed by atoms with van der Waals surface area (Å²) >= 11 is 0. The minimum absolute atomic E-state index is 0.0405. The van der Waals surface area contributed by atoms with E-state index in [1.54, 1.807) is 37.8 Å². The maximum atomic E-state index is 13.7. The molecular weight excluding hydrogens is 489 g/mol. The molecule has 3 amide bonds. The van der Waals surface area contributed by atoms with Gasteiger partial charge < -0.3 is 19.9 Å². The molecule has 10 heteroatoms. The first-order valence-electron chi connectivity index (χ1n) is 13.3. The van der Waals surface area contributed by atoms with E-state index in [0.717, 1.165) is 12.0 Å². The van der Waals surface area contributed by atoms with Crippen molar-refractivity contribution in [3.05, 3.63) is 35.6 Å². The lowest BCUT2D eigenvalue weighted by atomic mass is 9.91. The molecule has 6 atom stereocenters. The molecule has 1 aliphatic carbocycles. The number of nitriles is 1. The molecule has 1 saturated carbocycles. The van der Waals surface area contributed by atoms with Gasteiger partial charge in [-0.3, -0.25) is 14.5 Å². The zero-order chi connectivity index (χ0) is 27.6. The van der Waals surface area contributed by atoms with E-state index in [0.29, 0.717) is 25.3 Å². The Kier molecular flexibility index (Phi) is 6.41. The second-order valence-corrected chi connectivity index (χ2v) is 12.5. The van der Waals surface area contributed by atoms with Crippen LogP contribution in [0.3, 0.4) is 0 Å². The Morgan fingerprint density at radius 2 is 1.84 bits per heavy atom. The van der Waals surface area contributed by atoms with Crippen LogP contribution in [0.2, 0.25) is 0 Å². The minimum Gasteiger partial charge on any atom is -0.444 e. The van der Waals surface area contributed by atoms with Crippen molar-refractivity contribution < 1.29 is 23.5 Å². The maximum absolute atomic E-state index is 13.7. The Labute approximate surface area is 222 Å². The Balaban J connectivity index is 1.33. The summed E-state index contributed by atoms with van der Waals surface area (Å²) in [6, 6.07) is 6.55. The number of nitrogens with one attached hydrogen (secondary N) is 1. The summed E-state index contributed by atoms with van der Waals surface area (Å²) in [7, 11) is 0. The van der Waals surface area contributed by atoms with Crippen molar-refractivity contribution in [2.45, 2.75) is 95.2 Å². The quantitative estimate of drug-likeness (QED) is 0.612. The zero-order valence-electron chi connectivity index (χ0n) is 22.6. The van der Waals surface area contributed by atoms with E-state index in [4.69, 9.17) is 4.74 Å². The molecule has 0 radical (unpaired) electrons. The Hall–Kier alpha value is -3.19. The van der Waals surface area contributed by atoms with Crippen LogP contribution in [0.1, 0.15) is 59.4 Å². The number of likely N-dealkylation sites (tertiary alicyclic amines) is 3. The lowest BCUT2D eigenvalue weighted by Gasteiger charge is -2.44. The summed E-state index contributed by atoms with van der Waals surface area (Å²) in [6.45, 7) is 9.87. The van der Waals surface area contributed by atoms with Crippen molar-refractivity contribution in [1.29, 1.82) is 5.26 Å². The number of carbonyl (C=O) groups excluding carboxylic acids is 3. The van der Waals surface area contributed by atoms with E-state index >= 15 is 0 Å². The first-order valence-corrected chi connectivity index (χ1v) is 13.3. The SMILES string of the molecule is CC(C)(C)OC(=O)NC(CN1C[C@@H]2C[C@H]1C(=O)N2C(C)(C)c1ccc(F)cc1)C(=O)N1C(C#N)C[C@@H]2C[C@@H]21. The number of benzene rings is 1. The highest BCUT2D eigenvalue weighted by Crippen LogP contribution is 2.48. The van der Waals surface area contributed by atoms with Crippen LogP contribution < -0.4 is 5.32 Å². The summed E-state index contributed by atoms with van der Waals surface area (Å²) in [5, 5.41) is 12.4. The second kappa shape index (κ2) is 9.23. The summed E-state index contributed by atoms with van der Waals surface area (Å²) in [4.78, 5) is 45.5. The van der Waals surface area contributed by atoms with Gasteiger partial charge in [0.15, 0.2) is 0 Å². The van der Waals surface area contributed by atoms with Gasteiger partial charge in [-0.25, -0.2) is 9.18 Å². The average Bonchev–Trinajstić information content (AvgIpc) is 3.15. The molecule has 38 heavy (non-hydrogen) atoms. The molecule has 5 rings (SSSR count). The van der Waals surface area contributed by atoms with Crippen molar-refractivity contribution in [1.82, 2.24) is 20.0 Å². The zero-order valence-corrected chi connectivity index (χ0v) is 22.6. The standard InChI is InChI=1S/C28H36FN5O4/c1-27(2,3)38-26(37)31-21(24(35)33-19(13-30)10-16-11-22(16)33)15-32-14-20-12-23(32)25(36)34(20)28(4,5)17-6-8-18(29)9-7-17/h6-9,16,19-23H,10-12,14-15H2,1-5H3,(H,31,37)/t16-,19?,20+,21?,22+,23+/m1/s1. The molecule has 4 fully saturated rings. The molecule has 3 saturated heterocycles. The van der Waals surface area contributed by atoms with Gasteiger partial charge in [0.1, 0.15) is 23.5 Å². The van der Waals surface area contributed by atoms with E-state index in [2.05, 4.69) is 11.4 Å². The molecule has 1 aromatic carbocycles. The summed E-state index contributed by atoms with van der Waals surface area (Å²) in [5.74, 6) is -0.326. The Morgan fingerprint density at radius 3 is 2.45 bits per heavy atom. The number of amides is 3. The molecule has 2 bridgehead atoms. The van der Waals surface area contributed by atoms with Gasteiger partial charge in [-0.05, 0) is 77.5 Å². The van der Waals surface area contributed by atoms with Crippen molar-refractivity contribution >= 4 is 17.9 Å². The van der Waals surface area contributed by atoms with Crippen LogP contribution in [0.4, 0.5) is 9.18 Å². The lowest BCUT2D eigenvalue weighted by molar-refractivity contribution is -0.144. The first-order chi connectivity index (χ1) is 17.8. The topological polar surface area (TPSA) is 106 Å². The number of carbonyl (C=O) groups is 3. The molecule has 204 valence electrons. The van der Waals surface area contributed by atoms with Crippen molar-refractivity contribution in [2.75, 3.05) is 13.1 Å². The number of fused-ring (bicyclic) bond motifs is 3. The van der Waals surface area contributed by atoms with Crippen LogP contribution in [-0.4, -0.2) is 81.5 Å². The molecule has 2 unspecified atom stereocenters. The smallest absolute Gasteiger partial charge is 0.408 e. The van der Waals surface area contributed by atoms with E-state index in [1.807, 2.05) is 23.6 Å². The highest BCUT2D eigenvalue weighted by Gasteiger charge is 2.57. The number of alkyl carbamates (subject to hydrolysis) is 1. The van der Waals surface area contributed by atoms with Crippen LogP contribution in [0.25, 0.3) is 0 Å². The Bertz CT molecular complexity index is 1170. The monoisotopic (exact) mass is 525 g/mol. The third-order valence-electron chi connectivity index (χ3n) is 8.34. The van der Waals surface area contributed by atoms with Crippen LogP contribution in [0, 0.1) is 23.1 Å². The van der Waals surface area contributed by atoms with Gasteiger partial charge in [0.05, 0.1) is 17.6 Å². The predicted octanol–water partition coefficient (Wildman–Crippen LogP) is 2.75. The molecular formula is C28H36FN5O4. The van der Waals surface area contributed by atoms with Gasteiger partial charge in [0.2, 0.25) is 11.8 Å². The lowest BCUT2D eigenvalue weighted by Crippen LogP contribution is -2.61. The average molecular weight is 526 g/mol. The van der Waals surface area contributed by atoms with Gasteiger partial charge in [-0.2, -0.15) is 5.26 Å². The molecule has 3 aliphatic heterocycles. The van der Waals surface area contributed by atoms with Crippen LogP contribution >= 0.6 is 0 Å². The van der Waals surface area contributed by atoms with Gasteiger partial charge in [0, 0.05) is 25.2 Å². The number of piperidine rings is 1. The largest absolute Gasteiger partial charge is 0.444 e. The van der Waals surface area contributed by atoms with Gasteiger partial charge in [-0.1, -0.05) is 12.1 Å². The van der Waals surface area contributed by atoms with Crippen molar-refractivity contribution in [3.63, 3.8) is 0 Å². The predicted molar refractivity (Wildman–Crippen MR) is 136 cm³/mol. The molecule has 9 nitrogen and oxygen atoms in total. The van der Waals surface area contributed by atoms with Crippen LogP contribution in [-0.2, 0) is 19.9 Å². The summed E-state index contributed by atoms with van der Waals surface area (Å²) in [6.07, 6.45) is 1.45. The second-order valence-electron chi connectivity index (χ2n) is 12.5. The molecule has 4 aliphatic rings. The first kappa shape index (κ1) is 26.4. The van der Waals surface area contributed by atoms with Gasteiger partial charge >= 0.3 is 6.09 Å². The van der Waals surface area contributed by atoms with Crippen molar-refractivity contribution in [3.8, 4) is 6.07 Å². The third-order valence-corrected chi connectivity index (χ3v) is 8.34. The number of ether oxygens (including phenoxy) is 1. The molecule has 3 heterocycles.